The van der Waals surface area contributed by atoms with Gasteiger partial charge in [0.05, 0.1) is 7.11 Å². The van der Waals surface area contributed by atoms with Crippen molar-refractivity contribution in [3.63, 3.8) is 0 Å². The summed E-state index contributed by atoms with van der Waals surface area (Å²) in [6.07, 6.45) is 3.15. The molecular formula is C12H10BrN3O2. The Kier molecular flexibility index (Phi) is 3.88. The van der Waals surface area contributed by atoms with E-state index in [0.29, 0.717) is 17.3 Å². The number of hydrogen-bond donors (Lipinski definition) is 1. The van der Waals surface area contributed by atoms with Crippen LogP contribution in [0.4, 0.5) is 5.69 Å². The van der Waals surface area contributed by atoms with Crippen LogP contribution in [0.3, 0.4) is 0 Å². The second kappa shape index (κ2) is 5.59. The first-order valence-electron chi connectivity index (χ1n) is 5.12. The smallest absolute Gasteiger partial charge is 0.274 e. The largest absolute Gasteiger partial charge is 0.480 e. The van der Waals surface area contributed by atoms with E-state index in [2.05, 4.69) is 31.2 Å². The number of amides is 1. The van der Waals surface area contributed by atoms with E-state index in [1.165, 1.54) is 7.11 Å². The fourth-order valence-electron chi connectivity index (χ4n) is 1.36. The van der Waals surface area contributed by atoms with Gasteiger partial charge in [0.15, 0.2) is 0 Å². The Bertz CT molecular complexity index is 561. The maximum absolute atomic E-state index is 11.9. The number of pyridine rings is 2. The van der Waals surface area contributed by atoms with E-state index in [9.17, 15) is 4.79 Å². The van der Waals surface area contributed by atoms with Crippen molar-refractivity contribution in [3.05, 3.63) is 46.8 Å². The van der Waals surface area contributed by atoms with Crippen molar-refractivity contribution in [1.29, 1.82) is 0 Å². The highest BCUT2D eigenvalue weighted by Crippen LogP contribution is 2.25. The van der Waals surface area contributed by atoms with Gasteiger partial charge in [0.25, 0.3) is 5.91 Å². The van der Waals surface area contributed by atoms with Crippen LogP contribution in [-0.2, 0) is 0 Å². The van der Waals surface area contributed by atoms with Gasteiger partial charge in [-0.15, -0.1) is 0 Å². The van der Waals surface area contributed by atoms with Crippen LogP contribution in [-0.4, -0.2) is 23.0 Å². The Morgan fingerprint density at radius 1 is 1.39 bits per heavy atom. The van der Waals surface area contributed by atoms with Gasteiger partial charge >= 0.3 is 0 Å². The van der Waals surface area contributed by atoms with E-state index < -0.39 is 0 Å². The molecule has 0 aromatic carbocycles. The quantitative estimate of drug-likeness (QED) is 0.946. The molecule has 2 rings (SSSR count). The lowest BCUT2D eigenvalue weighted by molar-refractivity contribution is 0.102. The van der Waals surface area contributed by atoms with Crippen molar-refractivity contribution in [3.8, 4) is 5.88 Å². The molecule has 0 spiro atoms. The molecule has 5 nitrogen and oxygen atoms in total. The lowest BCUT2D eigenvalue weighted by Crippen LogP contribution is -2.14. The molecule has 92 valence electrons. The number of hydrogen-bond acceptors (Lipinski definition) is 4. The second-order valence-corrected chi connectivity index (χ2v) is 4.30. The average Bonchev–Trinajstić information content (AvgIpc) is 2.40. The molecule has 2 aromatic heterocycles. The van der Waals surface area contributed by atoms with Gasteiger partial charge in [0.2, 0.25) is 5.88 Å². The van der Waals surface area contributed by atoms with Gasteiger partial charge < -0.3 is 10.1 Å². The lowest BCUT2D eigenvalue weighted by atomic mass is 10.3. The summed E-state index contributed by atoms with van der Waals surface area (Å²) in [4.78, 5) is 19.9. The van der Waals surface area contributed by atoms with Gasteiger partial charge in [-0.3, -0.25) is 9.78 Å². The Morgan fingerprint density at radius 3 is 2.89 bits per heavy atom. The summed E-state index contributed by atoms with van der Waals surface area (Å²) < 4.78 is 5.82. The number of carbonyl (C=O) groups is 1. The number of methoxy groups -OCH3 is 1. The van der Waals surface area contributed by atoms with Crippen molar-refractivity contribution in [2.75, 3.05) is 12.4 Å². The third kappa shape index (κ3) is 2.84. The van der Waals surface area contributed by atoms with Crippen LogP contribution in [0.25, 0.3) is 0 Å². The second-order valence-electron chi connectivity index (χ2n) is 3.38. The number of ether oxygens (including phenoxy) is 1. The Morgan fingerprint density at radius 2 is 2.22 bits per heavy atom. The normalized spacial score (nSPS) is 9.89. The van der Waals surface area contributed by atoms with Gasteiger partial charge in [0, 0.05) is 16.9 Å². The molecule has 0 bridgehead atoms. The Hall–Kier alpha value is -1.95. The minimum absolute atomic E-state index is 0.311. The molecule has 2 aromatic rings. The number of carbonyl (C=O) groups excluding carboxylic acids is 1. The minimum Gasteiger partial charge on any atom is -0.480 e. The first kappa shape index (κ1) is 12.5. The summed E-state index contributed by atoms with van der Waals surface area (Å²) in [7, 11) is 1.49. The molecule has 0 aliphatic rings. The van der Waals surface area contributed by atoms with Gasteiger partial charge in [-0.1, -0.05) is 6.07 Å². The zero-order valence-electron chi connectivity index (χ0n) is 9.55. The average molecular weight is 308 g/mol. The van der Waals surface area contributed by atoms with Crippen molar-refractivity contribution >= 4 is 27.5 Å². The molecule has 0 radical (unpaired) electrons. The number of nitrogens with one attached hydrogen (secondary N) is 1. The maximum Gasteiger partial charge on any atom is 0.274 e. The lowest BCUT2D eigenvalue weighted by Gasteiger charge is -2.08. The number of aromatic nitrogens is 2. The molecule has 18 heavy (non-hydrogen) atoms. The highest BCUT2D eigenvalue weighted by Gasteiger charge is 2.11. The fraction of sp³-hybridized carbons (Fsp3) is 0.0833. The summed E-state index contributed by atoms with van der Waals surface area (Å²) in [6.45, 7) is 0. The third-order valence-corrected chi connectivity index (χ3v) is 2.59. The molecule has 6 heteroatoms. The Balaban J connectivity index is 2.24. The van der Waals surface area contributed by atoms with E-state index >= 15 is 0 Å². The summed E-state index contributed by atoms with van der Waals surface area (Å²) in [5, 5.41) is 2.70. The number of nitrogens with zero attached hydrogens (tertiary/aromatic N) is 2. The molecule has 0 fully saturated rings. The summed E-state index contributed by atoms with van der Waals surface area (Å²) in [5.41, 5.74) is 0.821. The molecule has 0 unspecified atom stereocenters. The first-order chi connectivity index (χ1) is 8.70. The number of halogens is 1. The topological polar surface area (TPSA) is 64.1 Å². The molecule has 0 aliphatic heterocycles. The van der Waals surface area contributed by atoms with Crippen LogP contribution in [0.2, 0.25) is 0 Å². The first-order valence-corrected chi connectivity index (χ1v) is 5.92. The summed E-state index contributed by atoms with van der Waals surface area (Å²) >= 11 is 3.29. The number of anilines is 1. The summed E-state index contributed by atoms with van der Waals surface area (Å²) in [6, 6.07) is 6.84. The SMILES string of the molecule is COc1ncc(Br)cc1NC(=O)c1ccccn1. The van der Waals surface area contributed by atoms with Crippen molar-refractivity contribution in [1.82, 2.24) is 9.97 Å². The zero-order chi connectivity index (χ0) is 13.0. The van der Waals surface area contributed by atoms with Crippen molar-refractivity contribution in [2.24, 2.45) is 0 Å². The van der Waals surface area contributed by atoms with Crippen LogP contribution < -0.4 is 10.1 Å². The van der Waals surface area contributed by atoms with E-state index in [0.717, 1.165) is 4.47 Å². The minimum atomic E-state index is -0.311. The molecule has 0 saturated carbocycles. The Labute approximate surface area is 112 Å². The van der Waals surface area contributed by atoms with E-state index in [1.54, 1.807) is 36.7 Å². The van der Waals surface area contributed by atoms with Crippen LogP contribution in [0.15, 0.2) is 41.1 Å². The highest BCUT2D eigenvalue weighted by atomic mass is 79.9. The monoisotopic (exact) mass is 307 g/mol. The van der Waals surface area contributed by atoms with Crippen LogP contribution in [0.5, 0.6) is 5.88 Å². The van der Waals surface area contributed by atoms with Gasteiger partial charge in [-0.2, -0.15) is 0 Å². The van der Waals surface area contributed by atoms with Crippen molar-refractivity contribution < 1.29 is 9.53 Å². The highest BCUT2D eigenvalue weighted by molar-refractivity contribution is 9.10. The van der Waals surface area contributed by atoms with Gasteiger partial charge in [0.1, 0.15) is 11.4 Å². The van der Waals surface area contributed by atoms with Crippen LogP contribution in [0.1, 0.15) is 10.5 Å². The molecule has 1 N–H and O–H groups in total. The van der Waals surface area contributed by atoms with Crippen LogP contribution >= 0.6 is 15.9 Å². The molecule has 0 aliphatic carbocycles. The predicted molar refractivity (Wildman–Crippen MR) is 70.7 cm³/mol. The number of rotatable bonds is 3. The summed E-state index contributed by atoms with van der Waals surface area (Å²) in [5.74, 6) is 0.0382. The van der Waals surface area contributed by atoms with E-state index in [-0.39, 0.29) is 5.91 Å². The fourth-order valence-corrected chi connectivity index (χ4v) is 1.69. The van der Waals surface area contributed by atoms with Gasteiger partial charge in [-0.25, -0.2) is 4.98 Å². The maximum atomic E-state index is 11.9. The van der Waals surface area contributed by atoms with Gasteiger partial charge in [-0.05, 0) is 34.1 Å². The molecule has 0 atom stereocenters. The van der Waals surface area contributed by atoms with Crippen LogP contribution in [0, 0.1) is 0 Å². The van der Waals surface area contributed by atoms with Crippen molar-refractivity contribution in [2.45, 2.75) is 0 Å². The molecule has 0 saturated heterocycles. The molecule has 2 heterocycles. The standard InChI is InChI=1S/C12H10BrN3O2/c1-18-12-10(6-8(13)7-15-12)16-11(17)9-4-2-3-5-14-9/h2-7H,1H3,(H,16,17). The molecular weight excluding hydrogens is 298 g/mol. The van der Waals surface area contributed by atoms with E-state index in [1.807, 2.05) is 0 Å². The zero-order valence-corrected chi connectivity index (χ0v) is 11.1. The predicted octanol–water partition coefficient (Wildman–Crippen LogP) is 2.50. The molecule has 1 amide bonds. The third-order valence-electron chi connectivity index (χ3n) is 2.16. The van der Waals surface area contributed by atoms with E-state index in [4.69, 9.17) is 4.74 Å².